The van der Waals surface area contributed by atoms with E-state index in [0.29, 0.717) is 19.7 Å². The molecule has 21 heavy (non-hydrogen) atoms. The van der Waals surface area contributed by atoms with E-state index in [2.05, 4.69) is 12.6 Å². The zero-order valence-electron chi connectivity index (χ0n) is 13.2. The van der Waals surface area contributed by atoms with Crippen LogP contribution in [0.3, 0.4) is 0 Å². The Morgan fingerprint density at radius 3 is 2.71 bits per heavy atom. The quantitative estimate of drug-likeness (QED) is 0.794. The lowest BCUT2D eigenvalue weighted by Crippen LogP contribution is -2.33. The van der Waals surface area contributed by atoms with Crippen LogP contribution in [0.2, 0.25) is 0 Å². The summed E-state index contributed by atoms with van der Waals surface area (Å²) in [6.07, 6.45) is 1.44. The summed E-state index contributed by atoms with van der Waals surface area (Å²) in [6.45, 7) is 12.9. The number of hydrogen-bond donors (Lipinski definition) is 0. The van der Waals surface area contributed by atoms with E-state index in [0.717, 1.165) is 22.4 Å². The monoisotopic (exact) mass is 289 g/mol. The van der Waals surface area contributed by atoms with E-state index in [1.165, 1.54) is 0 Å². The molecule has 1 aromatic carbocycles. The van der Waals surface area contributed by atoms with Gasteiger partial charge in [0.1, 0.15) is 18.0 Å². The largest absolute Gasteiger partial charge is 0.489 e. The van der Waals surface area contributed by atoms with Crippen LogP contribution in [0.4, 0.5) is 4.79 Å². The summed E-state index contributed by atoms with van der Waals surface area (Å²) in [7, 11) is 0. The van der Waals surface area contributed by atoms with Crippen LogP contribution in [0.15, 0.2) is 24.8 Å². The van der Waals surface area contributed by atoms with Gasteiger partial charge in [-0.15, -0.1) is 0 Å². The first-order valence-corrected chi connectivity index (χ1v) is 7.15. The molecule has 0 aromatic heterocycles. The summed E-state index contributed by atoms with van der Waals surface area (Å²) in [5.74, 6) is 0.860. The first kappa shape index (κ1) is 15.4. The Morgan fingerprint density at radius 1 is 1.38 bits per heavy atom. The second kappa shape index (κ2) is 5.80. The second-order valence-electron chi connectivity index (χ2n) is 6.29. The number of hydrogen-bond acceptors (Lipinski definition) is 3. The predicted octanol–water partition coefficient (Wildman–Crippen LogP) is 3.81. The minimum Gasteiger partial charge on any atom is -0.489 e. The maximum absolute atomic E-state index is 12.2. The molecule has 114 valence electrons. The molecule has 1 aromatic rings. The number of benzene rings is 1. The molecule has 1 aliphatic rings. The van der Waals surface area contributed by atoms with Crippen molar-refractivity contribution in [3.8, 4) is 5.75 Å². The van der Waals surface area contributed by atoms with Crippen LogP contribution in [-0.2, 0) is 17.8 Å². The van der Waals surface area contributed by atoms with Crippen molar-refractivity contribution in [1.29, 1.82) is 0 Å². The lowest BCUT2D eigenvalue weighted by atomic mass is 10.1. The molecule has 0 aliphatic carbocycles. The fraction of sp³-hybridized carbons (Fsp3) is 0.471. The van der Waals surface area contributed by atoms with Crippen molar-refractivity contribution >= 4 is 6.09 Å². The summed E-state index contributed by atoms with van der Waals surface area (Å²) >= 11 is 0. The van der Waals surface area contributed by atoms with Crippen molar-refractivity contribution in [2.75, 3.05) is 6.61 Å². The highest BCUT2D eigenvalue weighted by atomic mass is 16.6. The number of carbonyl (C=O) groups excluding carboxylic acids is 1. The molecule has 1 heterocycles. The van der Waals surface area contributed by atoms with Gasteiger partial charge in [0.15, 0.2) is 0 Å². The van der Waals surface area contributed by atoms with Gasteiger partial charge in [0, 0.05) is 12.1 Å². The van der Waals surface area contributed by atoms with Gasteiger partial charge in [-0.2, -0.15) is 0 Å². The van der Waals surface area contributed by atoms with Crippen molar-refractivity contribution in [3.63, 3.8) is 0 Å². The summed E-state index contributed by atoms with van der Waals surface area (Å²) in [5.41, 5.74) is 2.78. The number of carbonyl (C=O) groups is 1. The summed E-state index contributed by atoms with van der Waals surface area (Å²) in [5, 5.41) is 0. The Kier molecular flexibility index (Phi) is 4.26. The van der Waals surface area contributed by atoms with E-state index in [-0.39, 0.29) is 6.09 Å². The normalized spacial score (nSPS) is 13.8. The molecule has 0 unspecified atom stereocenters. The third kappa shape index (κ3) is 3.57. The van der Waals surface area contributed by atoms with Crippen LogP contribution >= 0.6 is 0 Å². The van der Waals surface area contributed by atoms with Crippen LogP contribution in [0.1, 0.15) is 37.5 Å². The smallest absolute Gasteiger partial charge is 0.410 e. The number of fused-ring (bicyclic) bond motifs is 1. The number of rotatable bonds is 3. The molecule has 0 fully saturated rings. The number of nitrogens with zero attached hydrogens (tertiary/aromatic N) is 1. The minimum atomic E-state index is -0.482. The Labute approximate surface area is 126 Å². The zero-order chi connectivity index (χ0) is 15.6. The van der Waals surface area contributed by atoms with E-state index in [1.807, 2.05) is 33.8 Å². The fourth-order valence-electron chi connectivity index (χ4n) is 2.36. The SMILES string of the molecule is C=CCOc1c(C)ccc2c1CN(C(=O)OC(C)(C)C)C2. The van der Waals surface area contributed by atoms with Crippen LogP contribution in [0, 0.1) is 6.92 Å². The molecule has 0 bridgehead atoms. The van der Waals surface area contributed by atoms with E-state index < -0.39 is 5.60 Å². The summed E-state index contributed by atoms with van der Waals surface area (Å²) in [4.78, 5) is 13.9. The molecule has 4 nitrogen and oxygen atoms in total. The molecular formula is C17H23NO3. The summed E-state index contributed by atoms with van der Waals surface area (Å²) in [6, 6.07) is 4.08. The molecule has 0 radical (unpaired) electrons. The second-order valence-corrected chi connectivity index (χ2v) is 6.29. The van der Waals surface area contributed by atoms with Gasteiger partial charge in [-0.05, 0) is 38.8 Å². The Balaban J connectivity index is 2.18. The molecule has 0 spiro atoms. The Morgan fingerprint density at radius 2 is 2.10 bits per heavy atom. The molecule has 0 atom stereocenters. The van der Waals surface area contributed by atoms with Gasteiger partial charge in [-0.25, -0.2) is 4.79 Å². The highest BCUT2D eigenvalue weighted by Gasteiger charge is 2.30. The van der Waals surface area contributed by atoms with Crippen LogP contribution < -0.4 is 4.74 Å². The molecule has 0 saturated carbocycles. The predicted molar refractivity (Wildman–Crippen MR) is 82.4 cm³/mol. The third-order valence-corrected chi connectivity index (χ3v) is 3.26. The van der Waals surface area contributed by atoms with E-state index >= 15 is 0 Å². The summed E-state index contributed by atoms with van der Waals surface area (Å²) < 4.78 is 11.2. The highest BCUT2D eigenvalue weighted by Crippen LogP contribution is 2.34. The molecular weight excluding hydrogens is 266 g/mol. The Hall–Kier alpha value is -1.97. The molecule has 2 rings (SSSR count). The van der Waals surface area contributed by atoms with Crippen LogP contribution in [-0.4, -0.2) is 23.2 Å². The molecule has 0 saturated heterocycles. The van der Waals surface area contributed by atoms with Crippen molar-refractivity contribution in [2.45, 2.75) is 46.4 Å². The van der Waals surface area contributed by atoms with Gasteiger partial charge in [-0.1, -0.05) is 24.8 Å². The van der Waals surface area contributed by atoms with Crippen LogP contribution in [0.5, 0.6) is 5.75 Å². The number of amides is 1. The van der Waals surface area contributed by atoms with Crippen molar-refractivity contribution in [2.24, 2.45) is 0 Å². The third-order valence-electron chi connectivity index (χ3n) is 3.26. The molecule has 1 aliphatic heterocycles. The zero-order valence-corrected chi connectivity index (χ0v) is 13.2. The van der Waals surface area contributed by atoms with Gasteiger partial charge in [0.2, 0.25) is 0 Å². The van der Waals surface area contributed by atoms with Gasteiger partial charge >= 0.3 is 6.09 Å². The van der Waals surface area contributed by atoms with E-state index in [1.54, 1.807) is 11.0 Å². The first-order valence-electron chi connectivity index (χ1n) is 7.15. The highest BCUT2D eigenvalue weighted by molar-refractivity contribution is 5.70. The lowest BCUT2D eigenvalue weighted by molar-refractivity contribution is 0.0241. The topological polar surface area (TPSA) is 38.8 Å². The average Bonchev–Trinajstić information content (AvgIpc) is 2.80. The van der Waals surface area contributed by atoms with Gasteiger partial charge in [-0.3, -0.25) is 4.90 Å². The van der Waals surface area contributed by atoms with Gasteiger partial charge in [0.05, 0.1) is 6.54 Å². The molecule has 4 heteroatoms. The average molecular weight is 289 g/mol. The maximum Gasteiger partial charge on any atom is 0.410 e. The van der Waals surface area contributed by atoms with Crippen molar-refractivity contribution in [3.05, 3.63) is 41.5 Å². The standard InChI is InChI=1S/C17H23NO3/c1-6-9-20-15-12(2)7-8-13-10-18(11-14(13)15)16(19)21-17(3,4)5/h6-8H,1,9-11H2,2-5H3. The van der Waals surface area contributed by atoms with Crippen LogP contribution in [0.25, 0.3) is 0 Å². The first-order chi connectivity index (χ1) is 9.81. The van der Waals surface area contributed by atoms with Gasteiger partial charge in [0.25, 0.3) is 0 Å². The van der Waals surface area contributed by atoms with Crippen molar-refractivity contribution in [1.82, 2.24) is 4.90 Å². The molecule has 0 N–H and O–H groups in total. The van der Waals surface area contributed by atoms with Crippen molar-refractivity contribution < 1.29 is 14.3 Å². The number of ether oxygens (including phenoxy) is 2. The van der Waals surface area contributed by atoms with E-state index in [4.69, 9.17) is 9.47 Å². The molecule has 1 amide bonds. The van der Waals surface area contributed by atoms with Gasteiger partial charge < -0.3 is 9.47 Å². The fourth-order valence-corrected chi connectivity index (χ4v) is 2.36. The van der Waals surface area contributed by atoms with E-state index in [9.17, 15) is 4.79 Å². The number of aryl methyl sites for hydroxylation is 1. The minimum absolute atomic E-state index is 0.286. The lowest BCUT2D eigenvalue weighted by Gasteiger charge is -2.24. The Bertz CT molecular complexity index is 558. The maximum atomic E-state index is 12.2.